The number of aryl methyl sites for hydroxylation is 2. The van der Waals surface area contributed by atoms with Gasteiger partial charge in [-0.1, -0.05) is 29.8 Å². The van der Waals surface area contributed by atoms with Crippen molar-refractivity contribution in [2.75, 3.05) is 6.54 Å². The molecular formula is C19H18ClFN2. The fourth-order valence-electron chi connectivity index (χ4n) is 3.50. The van der Waals surface area contributed by atoms with Gasteiger partial charge in [0.05, 0.1) is 5.52 Å². The molecule has 4 rings (SSSR count). The van der Waals surface area contributed by atoms with Crippen LogP contribution < -0.4 is 5.32 Å². The number of fused-ring (bicyclic) bond motifs is 3. The molecule has 2 aromatic carbocycles. The van der Waals surface area contributed by atoms with Crippen molar-refractivity contribution in [2.24, 2.45) is 0 Å². The van der Waals surface area contributed by atoms with Crippen LogP contribution in [0.2, 0.25) is 5.02 Å². The highest BCUT2D eigenvalue weighted by atomic mass is 35.5. The number of hydrogen-bond donors (Lipinski definition) is 1. The molecule has 2 heterocycles. The molecule has 0 aliphatic carbocycles. The first-order chi connectivity index (χ1) is 11.2. The number of aromatic nitrogens is 1. The van der Waals surface area contributed by atoms with Crippen molar-refractivity contribution in [1.82, 2.24) is 9.88 Å². The zero-order chi connectivity index (χ0) is 15.8. The summed E-state index contributed by atoms with van der Waals surface area (Å²) in [6, 6.07) is 12.9. The molecule has 0 spiro atoms. The quantitative estimate of drug-likeness (QED) is 0.757. The van der Waals surface area contributed by atoms with Gasteiger partial charge in [0, 0.05) is 42.2 Å². The Labute approximate surface area is 139 Å². The Morgan fingerprint density at radius 2 is 1.96 bits per heavy atom. The summed E-state index contributed by atoms with van der Waals surface area (Å²) in [6.07, 6.45) is 1.92. The molecule has 0 saturated carbocycles. The number of nitrogens with zero attached hydrogens (tertiary/aromatic N) is 1. The number of halogens is 2. The van der Waals surface area contributed by atoms with E-state index in [1.165, 1.54) is 34.3 Å². The molecule has 1 aromatic heterocycles. The molecule has 1 aliphatic heterocycles. The number of benzene rings is 2. The summed E-state index contributed by atoms with van der Waals surface area (Å²) in [5, 5.41) is 5.51. The molecule has 2 nitrogen and oxygen atoms in total. The van der Waals surface area contributed by atoms with E-state index in [2.05, 4.69) is 22.0 Å². The van der Waals surface area contributed by atoms with Gasteiger partial charge in [-0.05, 0) is 41.8 Å². The summed E-state index contributed by atoms with van der Waals surface area (Å²) in [7, 11) is 0. The van der Waals surface area contributed by atoms with E-state index in [9.17, 15) is 4.39 Å². The Balaban J connectivity index is 1.73. The van der Waals surface area contributed by atoms with Crippen LogP contribution >= 0.6 is 11.6 Å². The third kappa shape index (κ3) is 2.75. The largest absolute Gasteiger partial charge is 0.344 e. The predicted molar refractivity (Wildman–Crippen MR) is 92.5 cm³/mol. The van der Waals surface area contributed by atoms with Crippen molar-refractivity contribution >= 4 is 22.5 Å². The topological polar surface area (TPSA) is 17.0 Å². The van der Waals surface area contributed by atoms with Crippen LogP contribution in [0.5, 0.6) is 0 Å². The average molecular weight is 329 g/mol. The molecule has 0 bridgehead atoms. The second kappa shape index (κ2) is 5.99. The van der Waals surface area contributed by atoms with Crippen LogP contribution in [0.3, 0.4) is 0 Å². The summed E-state index contributed by atoms with van der Waals surface area (Å²) in [4.78, 5) is 0. The highest BCUT2D eigenvalue weighted by Gasteiger charge is 2.19. The lowest BCUT2D eigenvalue weighted by Crippen LogP contribution is -2.24. The Morgan fingerprint density at radius 1 is 1.13 bits per heavy atom. The molecule has 0 amide bonds. The van der Waals surface area contributed by atoms with Crippen LogP contribution in [0.1, 0.15) is 16.8 Å². The van der Waals surface area contributed by atoms with Crippen LogP contribution in [-0.2, 0) is 25.9 Å². The van der Waals surface area contributed by atoms with Crippen molar-refractivity contribution in [2.45, 2.75) is 25.9 Å². The van der Waals surface area contributed by atoms with Gasteiger partial charge in [0.2, 0.25) is 0 Å². The molecule has 4 heteroatoms. The van der Waals surface area contributed by atoms with E-state index >= 15 is 0 Å². The van der Waals surface area contributed by atoms with E-state index in [0.717, 1.165) is 43.1 Å². The van der Waals surface area contributed by atoms with E-state index in [1.54, 1.807) is 0 Å². The first-order valence-corrected chi connectivity index (χ1v) is 8.35. The van der Waals surface area contributed by atoms with E-state index < -0.39 is 0 Å². The van der Waals surface area contributed by atoms with Crippen molar-refractivity contribution in [3.8, 4) is 0 Å². The SMILES string of the molecule is Fc1ccc(CCn2c3c(c4ccc(Cl)cc42)CNCC3)cc1. The van der Waals surface area contributed by atoms with E-state index in [4.69, 9.17) is 11.6 Å². The molecule has 0 saturated heterocycles. The lowest BCUT2D eigenvalue weighted by Gasteiger charge is -2.17. The van der Waals surface area contributed by atoms with Gasteiger partial charge in [-0.3, -0.25) is 0 Å². The minimum atomic E-state index is -0.185. The Bertz CT molecular complexity index is 852. The minimum absolute atomic E-state index is 0.185. The predicted octanol–water partition coefficient (Wildman–Crippen LogP) is 4.32. The summed E-state index contributed by atoms with van der Waals surface area (Å²) in [6.45, 7) is 2.81. The summed E-state index contributed by atoms with van der Waals surface area (Å²) in [5.74, 6) is -0.185. The Hall–Kier alpha value is -1.84. The molecule has 1 N–H and O–H groups in total. The van der Waals surface area contributed by atoms with Crippen LogP contribution in [0, 0.1) is 5.82 Å². The fraction of sp³-hybridized carbons (Fsp3) is 0.263. The van der Waals surface area contributed by atoms with E-state index in [-0.39, 0.29) is 5.82 Å². The Kier molecular flexibility index (Phi) is 3.83. The molecular weight excluding hydrogens is 311 g/mol. The molecule has 0 fully saturated rings. The zero-order valence-electron chi connectivity index (χ0n) is 12.8. The molecule has 118 valence electrons. The monoisotopic (exact) mass is 328 g/mol. The van der Waals surface area contributed by atoms with Gasteiger partial charge in [-0.2, -0.15) is 0 Å². The highest BCUT2D eigenvalue weighted by Crippen LogP contribution is 2.30. The fourth-order valence-corrected chi connectivity index (χ4v) is 3.66. The third-order valence-corrected chi connectivity index (χ3v) is 4.86. The minimum Gasteiger partial charge on any atom is -0.344 e. The molecule has 0 radical (unpaired) electrons. The zero-order valence-corrected chi connectivity index (χ0v) is 13.5. The lowest BCUT2D eigenvalue weighted by atomic mass is 10.1. The summed E-state index contributed by atoms with van der Waals surface area (Å²) in [5.41, 5.74) is 5.15. The van der Waals surface area contributed by atoms with Crippen LogP contribution in [0.15, 0.2) is 42.5 Å². The molecule has 3 aromatic rings. The normalized spacial score (nSPS) is 14.2. The van der Waals surface area contributed by atoms with Crippen molar-refractivity contribution in [3.05, 3.63) is 70.1 Å². The molecule has 0 unspecified atom stereocenters. The average Bonchev–Trinajstić information content (AvgIpc) is 2.87. The van der Waals surface area contributed by atoms with Crippen molar-refractivity contribution < 1.29 is 4.39 Å². The maximum Gasteiger partial charge on any atom is 0.123 e. The maximum atomic E-state index is 13.1. The van der Waals surface area contributed by atoms with Crippen LogP contribution in [0.4, 0.5) is 4.39 Å². The number of rotatable bonds is 3. The van der Waals surface area contributed by atoms with Gasteiger partial charge in [0.1, 0.15) is 5.82 Å². The van der Waals surface area contributed by atoms with Gasteiger partial charge < -0.3 is 9.88 Å². The first-order valence-electron chi connectivity index (χ1n) is 7.97. The van der Waals surface area contributed by atoms with E-state index in [1.807, 2.05) is 18.2 Å². The second-order valence-corrected chi connectivity index (χ2v) is 6.48. The standard InChI is InChI=1S/C19H18ClFN2/c20-14-3-6-16-17-12-22-9-7-18(17)23(19(16)11-14)10-8-13-1-4-15(21)5-2-13/h1-6,11,22H,7-10,12H2. The third-order valence-electron chi connectivity index (χ3n) is 4.63. The maximum absolute atomic E-state index is 13.1. The summed E-state index contributed by atoms with van der Waals surface area (Å²) < 4.78 is 15.4. The van der Waals surface area contributed by atoms with Gasteiger partial charge in [-0.15, -0.1) is 0 Å². The van der Waals surface area contributed by atoms with Crippen LogP contribution in [0.25, 0.3) is 10.9 Å². The van der Waals surface area contributed by atoms with Gasteiger partial charge in [0.25, 0.3) is 0 Å². The van der Waals surface area contributed by atoms with Crippen molar-refractivity contribution in [1.29, 1.82) is 0 Å². The second-order valence-electron chi connectivity index (χ2n) is 6.04. The molecule has 1 aliphatic rings. The molecule has 0 atom stereocenters. The number of hydrogen-bond acceptors (Lipinski definition) is 1. The summed E-state index contributed by atoms with van der Waals surface area (Å²) >= 11 is 6.22. The first kappa shape index (κ1) is 14.7. The highest BCUT2D eigenvalue weighted by molar-refractivity contribution is 6.31. The van der Waals surface area contributed by atoms with E-state index in [0.29, 0.717) is 0 Å². The Morgan fingerprint density at radius 3 is 2.78 bits per heavy atom. The van der Waals surface area contributed by atoms with Crippen molar-refractivity contribution in [3.63, 3.8) is 0 Å². The van der Waals surface area contributed by atoms with Crippen LogP contribution in [-0.4, -0.2) is 11.1 Å². The van der Waals surface area contributed by atoms with Gasteiger partial charge >= 0.3 is 0 Å². The lowest BCUT2D eigenvalue weighted by molar-refractivity contribution is 0.593. The smallest absolute Gasteiger partial charge is 0.123 e. The van der Waals surface area contributed by atoms with Gasteiger partial charge in [-0.25, -0.2) is 4.39 Å². The number of nitrogens with one attached hydrogen (secondary N) is 1. The van der Waals surface area contributed by atoms with Gasteiger partial charge in [0.15, 0.2) is 0 Å². The molecule has 23 heavy (non-hydrogen) atoms.